The minimum atomic E-state index is 0.601. The lowest BCUT2D eigenvalue weighted by atomic mass is 9.91. The Balaban J connectivity index is 2.31. The average molecular weight is 159 g/mol. The Morgan fingerprint density at radius 2 is 1.78 bits per heavy atom. The van der Waals surface area contributed by atoms with E-state index >= 15 is 0 Å². The highest BCUT2D eigenvalue weighted by Gasteiger charge is 2.10. The summed E-state index contributed by atoms with van der Waals surface area (Å²) in [6.45, 7) is 0. The molecule has 0 aliphatic heterocycles. The van der Waals surface area contributed by atoms with E-state index < -0.39 is 0 Å². The Morgan fingerprint density at radius 3 is 2.11 bits per heavy atom. The summed E-state index contributed by atoms with van der Waals surface area (Å²) in [6.07, 6.45) is 6.56. The molecule has 0 aromatic heterocycles. The van der Waals surface area contributed by atoms with Gasteiger partial charge in [-0.05, 0) is 18.8 Å². The van der Waals surface area contributed by atoms with Gasteiger partial charge in [0.1, 0.15) is 0 Å². The summed E-state index contributed by atoms with van der Waals surface area (Å²) in [5.41, 5.74) is 0. The molecular formula is C7H11S2-. The predicted molar refractivity (Wildman–Crippen MR) is 46.5 cm³/mol. The summed E-state index contributed by atoms with van der Waals surface area (Å²) in [5.74, 6) is 0.601. The summed E-state index contributed by atoms with van der Waals surface area (Å²) >= 11 is 9.86. The van der Waals surface area contributed by atoms with Gasteiger partial charge in [0.25, 0.3) is 0 Å². The Bertz CT molecular complexity index is 103. The molecular weight excluding hydrogens is 148 g/mol. The van der Waals surface area contributed by atoms with Crippen LogP contribution < -0.4 is 0 Å². The van der Waals surface area contributed by atoms with Gasteiger partial charge in [-0.15, -0.1) is 4.20 Å². The van der Waals surface area contributed by atoms with E-state index in [1.165, 1.54) is 32.1 Å². The molecule has 0 saturated heterocycles. The van der Waals surface area contributed by atoms with Crippen LogP contribution in [0.4, 0.5) is 0 Å². The summed E-state index contributed by atoms with van der Waals surface area (Å²) in [4.78, 5) is 0. The largest absolute Gasteiger partial charge is 0.433 e. The Morgan fingerprint density at radius 1 is 1.22 bits per heavy atom. The quantitative estimate of drug-likeness (QED) is 0.426. The molecule has 0 spiro atoms. The molecule has 0 amide bonds. The van der Waals surface area contributed by atoms with Crippen molar-refractivity contribution in [3.63, 3.8) is 0 Å². The van der Waals surface area contributed by atoms with Crippen molar-refractivity contribution in [3.8, 4) is 0 Å². The van der Waals surface area contributed by atoms with Crippen molar-refractivity contribution >= 4 is 29.0 Å². The molecule has 0 nitrogen and oxygen atoms in total. The van der Waals surface area contributed by atoms with Crippen LogP contribution in [0.1, 0.15) is 32.1 Å². The highest BCUT2D eigenvalue weighted by molar-refractivity contribution is 8.00. The zero-order chi connectivity index (χ0) is 6.69. The molecule has 0 atom stereocenters. The summed E-state index contributed by atoms with van der Waals surface area (Å²) in [6, 6.07) is 0. The highest BCUT2D eigenvalue weighted by Crippen LogP contribution is 2.24. The second-order valence-electron chi connectivity index (χ2n) is 2.65. The van der Waals surface area contributed by atoms with Gasteiger partial charge >= 0.3 is 0 Å². The maximum atomic E-state index is 4.93. The molecule has 0 bridgehead atoms. The van der Waals surface area contributed by atoms with Crippen molar-refractivity contribution < 1.29 is 0 Å². The second-order valence-corrected chi connectivity index (χ2v) is 3.79. The van der Waals surface area contributed by atoms with Gasteiger partial charge in [0.05, 0.1) is 0 Å². The highest BCUT2D eigenvalue weighted by atomic mass is 32.1. The van der Waals surface area contributed by atoms with Crippen LogP contribution in [0.15, 0.2) is 0 Å². The molecule has 9 heavy (non-hydrogen) atoms. The SMILES string of the molecule is S=C([S-])C1CCCCC1. The summed E-state index contributed by atoms with van der Waals surface area (Å²) in [5, 5.41) is 0. The van der Waals surface area contributed by atoms with Gasteiger partial charge in [0.15, 0.2) is 0 Å². The van der Waals surface area contributed by atoms with Crippen molar-refractivity contribution in [2.45, 2.75) is 32.1 Å². The molecule has 0 aromatic rings. The van der Waals surface area contributed by atoms with Crippen LogP contribution in [0.25, 0.3) is 0 Å². The normalized spacial score (nSPS) is 21.8. The van der Waals surface area contributed by atoms with E-state index in [1.807, 2.05) is 0 Å². The first-order valence-corrected chi connectivity index (χ1v) is 4.33. The van der Waals surface area contributed by atoms with Crippen LogP contribution in [0.3, 0.4) is 0 Å². The topological polar surface area (TPSA) is 0 Å². The van der Waals surface area contributed by atoms with E-state index in [0.29, 0.717) is 5.92 Å². The Kier molecular flexibility index (Phi) is 2.86. The lowest BCUT2D eigenvalue weighted by Gasteiger charge is -2.24. The zero-order valence-electron chi connectivity index (χ0n) is 5.43. The van der Waals surface area contributed by atoms with Gasteiger partial charge in [-0.25, -0.2) is 0 Å². The fourth-order valence-corrected chi connectivity index (χ4v) is 1.81. The van der Waals surface area contributed by atoms with E-state index in [9.17, 15) is 0 Å². The Hall–Kier alpha value is 0.310. The monoisotopic (exact) mass is 159 g/mol. The minimum absolute atomic E-state index is 0.601. The van der Waals surface area contributed by atoms with E-state index in [1.54, 1.807) is 0 Å². The summed E-state index contributed by atoms with van der Waals surface area (Å²) in [7, 11) is 0. The maximum absolute atomic E-state index is 4.93. The van der Waals surface area contributed by atoms with Crippen LogP contribution >= 0.6 is 12.2 Å². The first-order chi connectivity index (χ1) is 4.30. The van der Waals surface area contributed by atoms with Gasteiger partial charge in [0.2, 0.25) is 0 Å². The van der Waals surface area contributed by atoms with Crippen molar-refractivity contribution in [1.82, 2.24) is 0 Å². The third-order valence-electron chi connectivity index (χ3n) is 1.94. The first kappa shape index (κ1) is 7.42. The maximum Gasteiger partial charge on any atom is -0.0345 e. The number of thiocarbonyl (C=S) groups is 1. The second kappa shape index (κ2) is 3.47. The fourth-order valence-electron chi connectivity index (χ4n) is 1.34. The third-order valence-corrected chi connectivity index (χ3v) is 2.61. The lowest BCUT2D eigenvalue weighted by molar-refractivity contribution is 0.446. The van der Waals surface area contributed by atoms with Crippen molar-refractivity contribution in [3.05, 3.63) is 0 Å². The molecule has 1 saturated carbocycles. The number of hydrogen-bond donors (Lipinski definition) is 0. The van der Waals surface area contributed by atoms with E-state index in [2.05, 4.69) is 0 Å². The van der Waals surface area contributed by atoms with Gasteiger partial charge < -0.3 is 24.8 Å². The Labute approximate surface area is 67.4 Å². The fraction of sp³-hybridized carbons (Fsp3) is 0.857. The van der Waals surface area contributed by atoms with Crippen molar-refractivity contribution in [2.24, 2.45) is 5.92 Å². The minimum Gasteiger partial charge on any atom is -0.433 e. The molecule has 1 fully saturated rings. The smallest absolute Gasteiger partial charge is 0.0345 e. The van der Waals surface area contributed by atoms with E-state index in [0.717, 1.165) is 4.20 Å². The summed E-state index contributed by atoms with van der Waals surface area (Å²) < 4.78 is 0.815. The molecule has 0 radical (unpaired) electrons. The van der Waals surface area contributed by atoms with Gasteiger partial charge in [-0.2, -0.15) is 0 Å². The van der Waals surface area contributed by atoms with Gasteiger partial charge in [-0.1, -0.05) is 19.3 Å². The molecule has 1 rings (SSSR count). The standard InChI is InChI=1S/C7H12S2/c8-7(9)6-4-2-1-3-5-6/h6H,1-5H2,(H,8,9)/p-1. The van der Waals surface area contributed by atoms with Crippen LogP contribution in [0, 0.1) is 5.92 Å². The zero-order valence-corrected chi connectivity index (χ0v) is 7.06. The molecule has 52 valence electrons. The number of rotatable bonds is 1. The molecule has 1 aliphatic rings. The molecule has 0 unspecified atom stereocenters. The first-order valence-electron chi connectivity index (χ1n) is 3.51. The van der Waals surface area contributed by atoms with Crippen molar-refractivity contribution in [2.75, 3.05) is 0 Å². The lowest BCUT2D eigenvalue weighted by Crippen LogP contribution is -2.12. The molecule has 0 N–H and O–H groups in total. The van der Waals surface area contributed by atoms with Crippen LogP contribution in [-0.4, -0.2) is 4.20 Å². The van der Waals surface area contributed by atoms with Crippen LogP contribution in [-0.2, 0) is 12.6 Å². The molecule has 0 heterocycles. The molecule has 0 aromatic carbocycles. The van der Waals surface area contributed by atoms with Crippen LogP contribution in [0.5, 0.6) is 0 Å². The van der Waals surface area contributed by atoms with E-state index in [-0.39, 0.29) is 0 Å². The average Bonchev–Trinajstić information content (AvgIpc) is 1.90. The third kappa shape index (κ3) is 2.18. The van der Waals surface area contributed by atoms with Crippen molar-refractivity contribution in [1.29, 1.82) is 0 Å². The van der Waals surface area contributed by atoms with E-state index in [4.69, 9.17) is 24.8 Å². The predicted octanol–water partition coefficient (Wildman–Crippen LogP) is 2.44. The van der Waals surface area contributed by atoms with Crippen LogP contribution in [0.2, 0.25) is 0 Å². The number of hydrogen-bond acceptors (Lipinski definition) is 2. The van der Waals surface area contributed by atoms with Gasteiger partial charge in [0, 0.05) is 0 Å². The molecule has 1 aliphatic carbocycles. The molecule has 2 heteroatoms. The van der Waals surface area contributed by atoms with Gasteiger partial charge in [-0.3, -0.25) is 0 Å².